The lowest BCUT2D eigenvalue weighted by molar-refractivity contribution is 0.290. The number of rotatable bonds is 4. The summed E-state index contributed by atoms with van der Waals surface area (Å²) in [4.78, 5) is 2.27. The van der Waals surface area contributed by atoms with Crippen molar-refractivity contribution >= 4 is 23.9 Å². The molecule has 5 nitrogen and oxygen atoms in total. The number of guanidine groups is 1. The standard InChI is InChI=1S/C13H18FN5S/c14-12-7-10(8-17-18-13(15)16)1-2-11(12)9-19-3-5-20-6-4-19/h1-2,7-8H,3-6,9H2,(H4,15,16,18). The van der Waals surface area contributed by atoms with Gasteiger partial charge >= 0.3 is 0 Å². The van der Waals surface area contributed by atoms with Gasteiger partial charge in [-0.15, -0.1) is 5.10 Å². The van der Waals surface area contributed by atoms with Crippen LogP contribution in [0, 0.1) is 5.82 Å². The van der Waals surface area contributed by atoms with Crippen LogP contribution in [-0.4, -0.2) is 41.7 Å². The number of benzene rings is 1. The number of nitrogens with zero attached hydrogens (tertiary/aromatic N) is 3. The summed E-state index contributed by atoms with van der Waals surface area (Å²) in [6.07, 6.45) is 1.42. The molecule has 1 aromatic carbocycles. The van der Waals surface area contributed by atoms with Crippen molar-refractivity contribution in [3.8, 4) is 0 Å². The molecule has 1 saturated heterocycles. The van der Waals surface area contributed by atoms with E-state index in [-0.39, 0.29) is 11.8 Å². The van der Waals surface area contributed by atoms with Crippen molar-refractivity contribution in [1.29, 1.82) is 0 Å². The van der Waals surface area contributed by atoms with E-state index in [9.17, 15) is 4.39 Å². The van der Waals surface area contributed by atoms with Crippen LogP contribution in [0.5, 0.6) is 0 Å². The molecule has 1 aliphatic rings. The highest BCUT2D eigenvalue weighted by Gasteiger charge is 2.12. The fraction of sp³-hybridized carbons (Fsp3) is 0.385. The first-order valence-corrected chi connectivity index (χ1v) is 7.51. The van der Waals surface area contributed by atoms with Crippen LogP contribution < -0.4 is 11.5 Å². The van der Waals surface area contributed by atoms with Crippen molar-refractivity contribution < 1.29 is 4.39 Å². The summed E-state index contributed by atoms with van der Waals surface area (Å²) >= 11 is 1.94. The Labute approximate surface area is 121 Å². The first-order valence-electron chi connectivity index (χ1n) is 6.35. The molecule has 0 aliphatic carbocycles. The minimum atomic E-state index is -0.225. The SMILES string of the molecule is NC(N)=NN=Cc1ccc(CN2CCSCC2)c(F)c1. The normalized spacial score (nSPS) is 16.4. The molecular weight excluding hydrogens is 277 g/mol. The van der Waals surface area contributed by atoms with E-state index in [1.54, 1.807) is 6.07 Å². The van der Waals surface area contributed by atoms with Crippen molar-refractivity contribution in [2.24, 2.45) is 21.7 Å². The fourth-order valence-electron chi connectivity index (χ4n) is 1.93. The molecule has 0 amide bonds. The lowest BCUT2D eigenvalue weighted by atomic mass is 10.1. The molecule has 4 N–H and O–H groups in total. The lowest BCUT2D eigenvalue weighted by Crippen LogP contribution is -2.32. The Morgan fingerprint density at radius 1 is 1.35 bits per heavy atom. The molecular formula is C13H18FN5S. The summed E-state index contributed by atoms with van der Waals surface area (Å²) in [7, 11) is 0. The minimum absolute atomic E-state index is 0.124. The highest BCUT2D eigenvalue weighted by atomic mass is 32.2. The van der Waals surface area contributed by atoms with Gasteiger partial charge in [-0.2, -0.15) is 16.9 Å². The zero-order valence-electron chi connectivity index (χ0n) is 11.1. The Hall–Kier alpha value is -1.60. The van der Waals surface area contributed by atoms with Crippen LogP contribution in [0.4, 0.5) is 4.39 Å². The second-order valence-electron chi connectivity index (χ2n) is 4.51. The Balaban J connectivity index is 2.01. The van der Waals surface area contributed by atoms with Crippen molar-refractivity contribution in [2.45, 2.75) is 6.54 Å². The molecule has 1 aromatic rings. The van der Waals surface area contributed by atoms with Crippen LogP contribution >= 0.6 is 11.8 Å². The second-order valence-corrected chi connectivity index (χ2v) is 5.73. The van der Waals surface area contributed by atoms with Crippen LogP contribution in [0.15, 0.2) is 28.4 Å². The van der Waals surface area contributed by atoms with Gasteiger partial charge in [0.25, 0.3) is 0 Å². The third-order valence-electron chi connectivity index (χ3n) is 2.95. The van der Waals surface area contributed by atoms with Gasteiger partial charge in [0.1, 0.15) is 5.82 Å². The molecule has 0 atom stereocenters. The van der Waals surface area contributed by atoms with E-state index in [2.05, 4.69) is 15.1 Å². The van der Waals surface area contributed by atoms with E-state index in [0.29, 0.717) is 17.7 Å². The summed E-state index contributed by atoms with van der Waals surface area (Å²) in [5, 5.41) is 7.13. The maximum Gasteiger partial charge on any atom is 0.211 e. The number of hydrogen-bond donors (Lipinski definition) is 2. The molecule has 0 radical (unpaired) electrons. The molecule has 1 aliphatic heterocycles. The minimum Gasteiger partial charge on any atom is -0.369 e. The maximum absolute atomic E-state index is 14.0. The molecule has 20 heavy (non-hydrogen) atoms. The van der Waals surface area contributed by atoms with Crippen LogP contribution in [0.3, 0.4) is 0 Å². The van der Waals surface area contributed by atoms with Gasteiger partial charge < -0.3 is 11.5 Å². The van der Waals surface area contributed by atoms with Gasteiger partial charge in [-0.3, -0.25) is 4.90 Å². The molecule has 1 heterocycles. The van der Waals surface area contributed by atoms with Gasteiger partial charge in [-0.25, -0.2) is 4.39 Å². The predicted molar refractivity (Wildman–Crippen MR) is 82.4 cm³/mol. The van der Waals surface area contributed by atoms with Gasteiger partial charge in [-0.05, 0) is 11.6 Å². The number of nitrogens with two attached hydrogens (primary N) is 2. The fourth-order valence-corrected chi connectivity index (χ4v) is 2.91. The van der Waals surface area contributed by atoms with Crippen molar-refractivity contribution in [2.75, 3.05) is 24.6 Å². The molecule has 0 unspecified atom stereocenters. The average molecular weight is 295 g/mol. The van der Waals surface area contributed by atoms with Crippen LogP contribution in [-0.2, 0) is 6.54 Å². The van der Waals surface area contributed by atoms with Gasteiger partial charge in [0.15, 0.2) is 0 Å². The zero-order valence-corrected chi connectivity index (χ0v) is 11.9. The molecule has 0 aromatic heterocycles. The first-order chi connectivity index (χ1) is 9.65. The molecule has 7 heteroatoms. The molecule has 0 bridgehead atoms. The highest BCUT2D eigenvalue weighted by molar-refractivity contribution is 7.99. The molecule has 1 fully saturated rings. The van der Waals surface area contributed by atoms with E-state index in [4.69, 9.17) is 11.5 Å². The Morgan fingerprint density at radius 2 is 2.10 bits per heavy atom. The smallest absolute Gasteiger partial charge is 0.211 e. The van der Waals surface area contributed by atoms with Crippen molar-refractivity contribution in [1.82, 2.24) is 4.90 Å². The Morgan fingerprint density at radius 3 is 2.75 bits per heavy atom. The van der Waals surface area contributed by atoms with Crippen molar-refractivity contribution in [3.05, 3.63) is 35.1 Å². The van der Waals surface area contributed by atoms with E-state index in [1.165, 1.54) is 12.3 Å². The van der Waals surface area contributed by atoms with Crippen LogP contribution in [0.25, 0.3) is 0 Å². The molecule has 0 spiro atoms. The predicted octanol–water partition coefficient (Wildman–Crippen LogP) is 0.982. The summed E-state index contributed by atoms with van der Waals surface area (Å²) in [5.74, 6) is 1.88. The monoisotopic (exact) mass is 295 g/mol. The Kier molecular flexibility index (Phi) is 5.37. The highest BCUT2D eigenvalue weighted by Crippen LogP contribution is 2.16. The van der Waals surface area contributed by atoms with E-state index in [1.807, 2.05) is 17.8 Å². The first kappa shape index (κ1) is 14.8. The molecule has 108 valence electrons. The largest absolute Gasteiger partial charge is 0.369 e. The quantitative estimate of drug-likeness (QED) is 0.493. The van der Waals surface area contributed by atoms with Gasteiger partial charge in [-0.1, -0.05) is 12.1 Å². The topological polar surface area (TPSA) is 80.0 Å². The number of halogens is 1. The van der Waals surface area contributed by atoms with Crippen LogP contribution in [0.1, 0.15) is 11.1 Å². The van der Waals surface area contributed by atoms with Crippen LogP contribution in [0.2, 0.25) is 0 Å². The summed E-state index contributed by atoms with van der Waals surface area (Å²) in [5.41, 5.74) is 11.6. The second kappa shape index (κ2) is 7.25. The number of hydrogen-bond acceptors (Lipinski definition) is 4. The maximum atomic E-state index is 14.0. The average Bonchev–Trinajstić information content (AvgIpc) is 2.42. The third kappa shape index (κ3) is 4.50. The van der Waals surface area contributed by atoms with Gasteiger partial charge in [0.05, 0.1) is 6.21 Å². The zero-order chi connectivity index (χ0) is 14.4. The molecule has 2 rings (SSSR count). The van der Waals surface area contributed by atoms with Crippen molar-refractivity contribution in [3.63, 3.8) is 0 Å². The van der Waals surface area contributed by atoms with Gasteiger partial charge in [0.2, 0.25) is 5.96 Å². The third-order valence-corrected chi connectivity index (χ3v) is 3.90. The molecule has 0 saturated carbocycles. The summed E-state index contributed by atoms with van der Waals surface area (Å²) < 4.78 is 14.0. The summed E-state index contributed by atoms with van der Waals surface area (Å²) in [6, 6.07) is 5.04. The lowest BCUT2D eigenvalue weighted by Gasteiger charge is -2.26. The number of thioether (sulfide) groups is 1. The Bertz CT molecular complexity index is 507. The summed E-state index contributed by atoms with van der Waals surface area (Å²) in [6.45, 7) is 2.67. The van der Waals surface area contributed by atoms with E-state index >= 15 is 0 Å². The van der Waals surface area contributed by atoms with E-state index < -0.39 is 0 Å². The van der Waals surface area contributed by atoms with Gasteiger partial charge in [0, 0.05) is 36.7 Å². The van der Waals surface area contributed by atoms with E-state index in [0.717, 1.165) is 24.6 Å².